The lowest BCUT2D eigenvalue weighted by Crippen LogP contribution is -2.46. The number of nitrogens with one attached hydrogen (secondary N) is 2. The molecule has 2 N–H and O–H groups in total. The lowest BCUT2D eigenvalue weighted by molar-refractivity contribution is 0.412. The molecule has 1 saturated heterocycles. The van der Waals surface area contributed by atoms with Gasteiger partial charge in [0.25, 0.3) is 0 Å². The second-order valence-corrected chi connectivity index (χ2v) is 8.45. The molecule has 1 saturated carbocycles. The van der Waals surface area contributed by atoms with Crippen LogP contribution in [0.15, 0.2) is 0 Å². The standard InChI is InChI=1S/C12H24N2O2S2/c1-17-11-4-2-10(3-5-11)14-18(15,16)12-6-8-13-9-7-12/h10-14H,2-9H2,1H3. The van der Waals surface area contributed by atoms with Gasteiger partial charge in [0.05, 0.1) is 5.25 Å². The van der Waals surface area contributed by atoms with E-state index in [9.17, 15) is 8.42 Å². The molecule has 0 unspecified atom stereocenters. The van der Waals surface area contributed by atoms with E-state index in [0.717, 1.165) is 56.9 Å². The zero-order valence-corrected chi connectivity index (χ0v) is 12.7. The van der Waals surface area contributed by atoms with Gasteiger partial charge < -0.3 is 5.32 Å². The van der Waals surface area contributed by atoms with Gasteiger partial charge in [-0.2, -0.15) is 11.8 Å². The van der Waals surface area contributed by atoms with Crippen molar-refractivity contribution in [1.82, 2.24) is 10.0 Å². The van der Waals surface area contributed by atoms with E-state index in [1.807, 2.05) is 11.8 Å². The lowest BCUT2D eigenvalue weighted by atomic mass is 9.96. The van der Waals surface area contributed by atoms with Gasteiger partial charge in [0, 0.05) is 11.3 Å². The summed E-state index contributed by atoms with van der Waals surface area (Å²) in [5.41, 5.74) is 0. The van der Waals surface area contributed by atoms with Crippen molar-refractivity contribution in [1.29, 1.82) is 0 Å². The number of hydrogen-bond acceptors (Lipinski definition) is 4. The van der Waals surface area contributed by atoms with Crippen molar-refractivity contribution in [2.45, 2.75) is 55.1 Å². The summed E-state index contributed by atoms with van der Waals surface area (Å²) in [6, 6.07) is 0.174. The molecule has 2 aliphatic rings. The minimum atomic E-state index is -3.10. The summed E-state index contributed by atoms with van der Waals surface area (Å²) in [5, 5.41) is 3.75. The van der Waals surface area contributed by atoms with Gasteiger partial charge in [-0.15, -0.1) is 0 Å². The molecule has 0 atom stereocenters. The largest absolute Gasteiger partial charge is 0.317 e. The van der Waals surface area contributed by atoms with Crippen molar-refractivity contribution in [2.75, 3.05) is 19.3 Å². The Hall–Kier alpha value is 0.220. The SMILES string of the molecule is CSC1CCC(NS(=O)(=O)C2CCNCC2)CC1. The van der Waals surface area contributed by atoms with Gasteiger partial charge in [0.2, 0.25) is 10.0 Å². The van der Waals surface area contributed by atoms with Crippen LogP contribution in [0.5, 0.6) is 0 Å². The van der Waals surface area contributed by atoms with E-state index in [1.165, 1.54) is 0 Å². The molecule has 18 heavy (non-hydrogen) atoms. The molecule has 1 heterocycles. The average molecular weight is 292 g/mol. The highest BCUT2D eigenvalue weighted by Gasteiger charge is 2.30. The molecule has 0 aromatic rings. The number of hydrogen-bond donors (Lipinski definition) is 2. The van der Waals surface area contributed by atoms with Gasteiger partial charge in [0.1, 0.15) is 0 Å². The van der Waals surface area contributed by atoms with Gasteiger partial charge in [-0.05, 0) is 57.9 Å². The zero-order chi connectivity index (χ0) is 13.0. The number of thioether (sulfide) groups is 1. The Morgan fingerprint density at radius 3 is 2.22 bits per heavy atom. The van der Waals surface area contributed by atoms with Crippen LogP contribution in [0.3, 0.4) is 0 Å². The van der Waals surface area contributed by atoms with Gasteiger partial charge >= 0.3 is 0 Å². The summed E-state index contributed by atoms with van der Waals surface area (Å²) >= 11 is 1.91. The van der Waals surface area contributed by atoms with Crippen LogP contribution in [0, 0.1) is 0 Å². The van der Waals surface area contributed by atoms with Gasteiger partial charge in [0.15, 0.2) is 0 Å². The smallest absolute Gasteiger partial charge is 0.214 e. The maximum Gasteiger partial charge on any atom is 0.214 e. The van der Waals surface area contributed by atoms with Crippen LogP contribution in [-0.4, -0.2) is 44.3 Å². The summed E-state index contributed by atoms with van der Waals surface area (Å²) in [6.07, 6.45) is 7.90. The zero-order valence-electron chi connectivity index (χ0n) is 11.0. The van der Waals surface area contributed by atoms with Crippen molar-refractivity contribution in [3.8, 4) is 0 Å². The maximum atomic E-state index is 12.3. The molecular weight excluding hydrogens is 268 g/mol. The topological polar surface area (TPSA) is 58.2 Å². The van der Waals surface area contributed by atoms with Gasteiger partial charge in [-0.1, -0.05) is 0 Å². The highest BCUT2D eigenvalue weighted by atomic mass is 32.2. The number of sulfonamides is 1. The Kier molecular flexibility index (Phi) is 5.35. The van der Waals surface area contributed by atoms with Crippen molar-refractivity contribution < 1.29 is 8.42 Å². The normalized spacial score (nSPS) is 31.4. The maximum absolute atomic E-state index is 12.3. The van der Waals surface area contributed by atoms with Crippen molar-refractivity contribution in [2.24, 2.45) is 0 Å². The van der Waals surface area contributed by atoms with E-state index in [1.54, 1.807) is 0 Å². The Balaban J connectivity index is 1.84. The first kappa shape index (κ1) is 14.6. The van der Waals surface area contributed by atoms with Crippen LogP contribution < -0.4 is 10.0 Å². The fourth-order valence-electron chi connectivity index (χ4n) is 2.85. The fourth-order valence-corrected chi connectivity index (χ4v) is 5.34. The van der Waals surface area contributed by atoms with E-state index in [4.69, 9.17) is 0 Å². The van der Waals surface area contributed by atoms with E-state index in [-0.39, 0.29) is 11.3 Å². The molecule has 0 radical (unpaired) electrons. The highest BCUT2D eigenvalue weighted by Crippen LogP contribution is 2.27. The molecule has 0 aromatic carbocycles. The van der Waals surface area contributed by atoms with E-state index < -0.39 is 10.0 Å². The molecule has 0 spiro atoms. The lowest BCUT2D eigenvalue weighted by Gasteiger charge is -2.30. The Morgan fingerprint density at radius 2 is 1.67 bits per heavy atom. The average Bonchev–Trinajstić information content (AvgIpc) is 2.40. The quantitative estimate of drug-likeness (QED) is 0.821. The monoisotopic (exact) mass is 292 g/mol. The second kappa shape index (κ2) is 6.59. The van der Waals surface area contributed by atoms with E-state index in [0.29, 0.717) is 0 Å². The Morgan fingerprint density at radius 1 is 1.06 bits per heavy atom. The summed E-state index contributed by atoms with van der Waals surface area (Å²) in [4.78, 5) is 0. The predicted octanol–water partition coefficient (Wildman–Crippen LogP) is 1.33. The summed E-state index contributed by atoms with van der Waals surface area (Å²) in [7, 11) is -3.10. The van der Waals surface area contributed by atoms with Crippen LogP contribution in [0.25, 0.3) is 0 Å². The number of piperidine rings is 1. The Labute approximate surface area is 115 Å². The molecule has 0 amide bonds. The third-order valence-corrected chi connectivity index (χ3v) is 7.21. The molecule has 0 bridgehead atoms. The van der Waals surface area contributed by atoms with Crippen molar-refractivity contribution >= 4 is 21.8 Å². The molecule has 1 aliphatic carbocycles. The minimum absolute atomic E-state index is 0.174. The second-order valence-electron chi connectivity index (χ2n) is 5.32. The molecule has 2 rings (SSSR count). The van der Waals surface area contributed by atoms with Crippen LogP contribution in [0.4, 0.5) is 0 Å². The summed E-state index contributed by atoms with van der Waals surface area (Å²) in [6.45, 7) is 1.65. The first-order chi connectivity index (χ1) is 8.62. The third kappa shape index (κ3) is 3.85. The van der Waals surface area contributed by atoms with Crippen LogP contribution in [-0.2, 0) is 10.0 Å². The summed E-state index contributed by atoms with van der Waals surface area (Å²) in [5.74, 6) is 0. The predicted molar refractivity (Wildman–Crippen MR) is 77.5 cm³/mol. The molecule has 0 aromatic heterocycles. The fraction of sp³-hybridized carbons (Fsp3) is 1.00. The summed E-state index contributed by atoms with van der Waals surface area (Å²) < 4.78 is 27.5. The van der Waals surface area contributed by atoms with Crippen LogP contribution >= 0.6 is 11.8 Å². The molecule has 6 heteroatoms. The van der Waals surface area contributed by atoms with Gasteiger partial charge in [-0.3, -0.25) is 0 Å². The molecule has 106 valence electrons. The molecule has 4 nitrogen and oxygen atoms in total. The van der Waals surface area contributed by atoms with Gasteiger partial charge in [-0.25, -0.2) is 13.1 Å². The van der Waals surface area contributed by atoms with Crippen LogP contribution in [0.2, 0.25) is 0 Å². The first-order valence-corrected chi connectivity index (χ1v) is 9.70. The van der Waals surface area contributed by atoms with Crippen LogP contribution in [0.1, 0.15) is 38.5 Å². The molecule has 2 fully saturated rings. The van der Waals surface area contributed by atoms with E-state index in [2.05, 4.69) is 16.3 Å². The number of rotatable bonds is 4. The third-order valence-electron chi connectivity index (χ3n) is 4.06. The minimum Gasteiger partial charge on any atom is -0.317 e. The van der Waals surface area contributed by atoms with Crippen molar-refractivity contribution in [3.63, 3.8) is 0 Å². The van der Waals surface area contributed by atoms with E-state index >= 15 is 0 Å². The molecular formula is C12H24N2O2S2. The first-order valence-electron chi connectivity index (χ1n) is 6.86. The Bertz CT molecular complexity index is 345. The molecule has 1 aliphatic heterocycles. The highest BCUT2D eigenvalue weighted by molar-refractivity contribution is 7.99. The van der Waals surface area contributed by atoms with Crippen molar-refractivity contribution in [3.05, 3.63) is 0 Å².